The van der Waals surface area contributed by atoms with Crippen molar-refractivity contribution in [1.82, 2.24) is 14.6 Å². The Morgan fingerprint density at radius 1 is 1.48 bits per heavy atom. The van der Waals surface area contributed by atoms with Crippen LogP contribution in [0.25, 0.3) is 0 Å². The summed E-state index contributed by atoms with van der Waals surface area (Å²) in [6.07, 6.45) is 6.04. The molecular formula is C14H24N4O2S. The number of hydrogen-bond acceptors (Lipinski definition) is 5. The van der Waals surface area contributed by atoms with Gasteiger partial charge in [0.05, 0.1) is 0 Å². The Bertz CT molecular complexity index is 562. The maximum atomic E-state index is 12.1. The molecule has 0 spiro atoms. The summed E-state index contributed by atoms with van der Waals surface area (Å²) >= 11 is 0. The number of hydrogen-bond donors (Lipinski definition) is 2. The molecule has 6 nitrogen and oxygen atoms in total. The van der Waals surface area contributed by atoms with Gasteiger partial charge in [-0.05, 0) is 51.4 Å². The van der Waals surface area contributed by atoms with Gasteiger partial charge < -0.3 is 10.6 Å². The van der Waals surface area contributed by atoms with E-state index in [9.17, 15) is 8.42 Å². The Kier molecular flexibility index (Phi) is 5.55. The number of rotatable bonds is 6. The third-order valence-electron chi connectivity index (χ3n) is 3.94. The second-order valence-corrected chi connectivity index (χ2v) is 7.25. The number of nitrogens with two attached hydrogens (primary N) is 1. The lowest BCUT2D eigenvalue weighted by molar-refractivity contribution is 0.159. The standard InChI is InChI=1S/C14H24N4O2S/c1-12-6-2-3-10-18(12)11-5-9-17-21(19,20)13-7-4-8-16-14(13)15/h4,7-8,12,17H,2-3,5-6,9-11H2,1H3,(H2,15,16). The van der Waals surface area contributed by atoms with E-state index in [0.717, 1.165) is 19.5 Å². The number of anilines is 1. The van der Waals surface area contributed by atoms with Crippen LogP contribution in [-0.4, -0.2) is 44.0 Å². The average molecular weight is 312 g/mol. The topological polar surface area (TPSA) is 88.3 Å². The SMILES string of the molecule is CC1CCCCN1CCCNS(=O)(=O)c1cccnc1N. The molecule has 1 unspecified atom stereocenters. The highest BCUT2D eigenvalue weighted by Crippen LogP contribution is 2.17. The van der Waals surface area contributed by atoms with Crippen LogP contribution in [0.15, 0.2) is 23.2 Å². The Morgan fingerprint density at radius 2 is 2.29 bits per heavy atom. The lowest BCUT2D eigenvalue weighted by Gasteiger charge is -2.33. The molecule has 7 heteroatoms. The molecule has 1 aromatic heterocycles. The lowest BCUT2D eigenvalue weighted by Crippen LogP contribution is -2.39. The molecule has 0 radical (unpaired) electrons. The van der Waals surface area contributed by atoms with Gasteiger partial charge in [-0.25, -0.2) is 18.1 Å². The van der Waals surface area contributed by atoms with Gasteiger partial charge in [0.1, 0.15) is 10.7 Å². The number of aromatic nitrogens is 1. The largest absolute Gasteiger partial charge is 0.383 e. The van der Waals surface area contributed by atoms with Crippen LogP contribution < -0.4 is 10.5 Å². The first-order valence-electron chi connectivity index (χ1n) is 7.45. The predicted molar refractivity (Wildman–Crippen MR) is 83.3 cm³/mol. The van der Waals surface area contributed by atoms with Gasteiger partial charge in [0.2, 0.25) is 10.0 Å². The van der Waals surface area contributed by atoms with Crippen molar-refractivity contribution in [1.29, 1.82) is 0 Å². The zero-order valence-electron chi connectivity index (χ0n) is 12.5. The quantitative estimate of drug-likeness (QED) is 0.771. The van der Waals surface area contributed by atoms with Crippen molar-refractivity contribution in [2.24, 2.45) is 0 Å². The summed E-state index contributed by atoms with van der Waals surface area (Å²) < 4.78 is 26.8. The molecule has 0 saturated carbocycles. The summed E-state index contributed by atoms with van der Waals surface area (Å²) in [5.74, 6) is 0.0367. The summed E-state index contributed by atoms with van der Waals surface area (Å²) in [7, 11) is -3.56. The minimum Gasteiger partial charge on any atom is -0.383 e. The first-order valence-corrected chi connectivity index (χ1v) is 8.93. The van der Waals surface area contributed by atoms with Crippen molar-refractivity contribution in [3.63, 3.8) is 0 Å². The lowest BCUT2D eigenvalue weighted by atomic mass is 10.0. The highest BCUT2D eigenvalue weighted by molar-refractivity contribution is 7.89. The monoisotopic (exact) mass is 312 g/mol. The molecule has 0 amide bonds. The first kappa shape index (κ1) is 16.2. The van der Waals surface area contributed by atoms with Gasteiger partial charge in [-0.3, -0.25) is 0 Å². The van der Waals surface area contributed by atoms with Gasteiger partial charge in [0.25, 0.3) is 0 Å². The zero-order chi connectivity index (χ0) is 15.3. The minimum absolute atomic E-state index is 0.0367. The van der Waals surface area contributed by atoms with Crippen molar-refractivity contribution in [3.05, 3.63) is 18.3 Å². The van der Waals surface area contributed by atoms with E-state index in [0.29, 0.717) is 12.6 Å². The van der Waals surface area contributed by atoms with E-state index < -0.39 is 10.0 Å². The van der Waals surface area contributed by atoms with E-state index in [1.807, 2.05) is 0 Å². The van der Waals surface area contributed by atoms with E-state index in [4.69, 9.17) is 5.73 Å². The second kappa shape index (κ2) is 7.20. The summed E-state index contributed by atoms with van der Waals surface area (Å²) in [5.41, 5.74) is 5.61. The van der Waals surface area contributed by atoms with Gasteiger partial charge in [-0.1, -0.05) is 6.42 Å². The number of likely N-dealkylation sites (tertiary alicyclic amines) is 1. The summed E-state index contributed by atoms with van der Waals surface area (Å²) in [4.78, 5) is 6.29. The molecule has 2 rings (SSSR count). The van der Waals surface area contributed by atoms with Crippen LogP contribution in [0.2, 0.25) is 0 Å². The number of nitrogens with zero attached hydrogens (tertiary/aromatic N) is 2. The third kappa shape index (κ3) is 4.39. The highest BCUT2D eigenvalue weighted by atomic mass is 32.2. The normalized spacial score (nSPS) is 20.5. The van der Waals surface area contributed by atoms with Crippen LogP contribution in [0.5, 0.6) is 0 Å². The maximum absolute atomic E-state index is 12.1. The van der Waals surface area contributed by atoms with Gasteiger partial charge >= 0.3 is 0 Å². The number of pyridine rings is 1. The van der Waals surface area contributed by atoms with E-state index in [1.54, 1.807) is 6.07 Å². The molecule has 1 aliphatic heterocycles. The molecule has 0 aliphatic carbocycles. The average Bonchev–Trinajstić information content (AvgIpc) is 2.45. The predicted octanol–water partition coefficient (Wildman–Crippen LogP) is 1.21. The van der Waals surface area contributed by atoms with E-state index in [2.05, 4.69) is 21.5 Å². The molecule has 2 heterocycles. The van der Waals surface area contributed by atoms with Crippen LogP contribution in [0, 0.1) is 0 Å². The number of nitrogens with one attached hydrogen (secondary N) is 1. The Labute approximate surface area is 126 Å². The number of piperidine rings is 1. The first-order chi connectivity index (χ1) is 10.0. The smallest absolute Gasteiger partial charge is 0.244 e. The van der Waals surface area contributed by atoms with Crippen LogP contribution in [0.3, 0.4) is 0 Å². The van der Waals surface area contributed by atoms with Crippen molar-refractivity contribution >= 4 is 15.8 Å². The summed E-state index contributed by atoms with van der Waals surface area (Å²) in [6, 6.07) is 3.64. The van der Waals surface area contributed by atoms with Crippen LogP contribution >= 0.6 is 0 Å². The van der Waals surface area contributed by atoms with Crippen molar-refractivity contribution in [3.8, 4) is 0 Å². The van der Waals surface area contributed by atoms with Gasteiger partial charge in [-0.15, -0.1) is 0 Å². The zero-order valence-corrected chi connectivity index (χ0v) is 13.3. The van der Waals surface area contributed by atoms with Gasteiger partial charge in [0.15, 0.2) is 0 Å². The van der Waals surface area contributed by atoms with Crippen LogP contribution in [0.4, 0.5) is 5.82 Å². The molecular weight excluding hydrogens is 288 g/mol. The Morgan fingerprint density at radius 3 is 3.00 bits per heavy atom. The molecule has 0 aromatic carbocycles. The van der Waals surface area contributed by atoms with E-state index in [1.165, 1.54) is 31.5 Å². The minimum atomic E-state index is -3.56. The van der Waals surface area contributed by atoms with E-state index in [-0.39, 0.29) is 10.7 Å². The fourth-order valence-electron chi connectivity index (χ4n) is 2.69. The molecule has 1 saturated heterocycles. The fourth-order valence-corrected chi connectivity index (χ4v) is 3.84. The fraction of sp³-hybridized carbons (Fsp3) is 0.643. The maximum Gasteiger partial charge on any atom is 0.244 e. The number of nitrogen functional groups attached to an aromatic ring is 1. The van der Waals surface area contributed by atoms with Crippen LogP contribution in [-0.2, 0) is 10.0 Å². The van der Waals surface area contributed by atoms with Crippen LogP contribution in [0.1, 0.15) is 32.6 Å². The highest BCUT2D eigenvalue weighted by Gasteiger charge is 2.19. The molecule has 3 N–H and O–H groups in total. The van der Waals surface area contributed by atoms with Crippen molar-refractivity contribution in [2.75, 3.05) is 25.4 Å². The van der Waals surface area contributed by atoms with Crippen molar-refractivity contribution < 1.29 is 8.42 Å². The second-order valence-electron chi connectivity index (χ2n) is 5.52. The molecule has 1 aromatic rings. The molecule has 1 fully saturated rings. The van der Waals surface area contributed by atoms with Gasteiger partial charge in [-0.2, -0.15) is 0 Å². The molecule has 1 atom stereocenters. The Hall–Kier alpha value is -1.18. The molecule has 118 valence electrons. The molecule has 1 aliphatic rings. The van der Waals surface area contributed by atoms with E-state index >= 15 is 0 Å². The third-order valence-corrected chi connectivity index (χ3v) is 5.45. The summed E-state index contributed by atoms with van der Waals surface area (Å²) in [6.45, 7) is 4.69. The van der Waals surface area contributed by atoms with Gasteiger partial charge in [0, 0.05) is 18.8 Å². The molecule has 0 bridgehead atoms. The Balaban J connectivity index is 1.81. The molecule has 21 heavy (non-hydrogen) atoms. The van der Waals surface area contributed by atoms with Crippen molar-refractivity contribution in [2.45, 2.75) is 43.5 Å². The summed E-state index contributed by atoms with van der Waals surface area (Å²) in [5, 5.41) is 0. The number of sulfonamides is 1.